The van der Waals surface area contributed by atoms with Gasteiger partial charge in [0.15, 0.2) is 0 Å². The molecule has 0 aliphatic carbocycles. The third-order valence-corrected chi connectivity index (χ3v) is 7.43. The van der Waals surface area contributed by atoms with Crippen LogP contribution in [0.15, 0.2) is 83.8 Å². The number of aliphatic hydroxyl groups is 1. The van der Waals surface area contributed by atoms with Crippen LogP contribution in [0.1, 0.15) is 36.1 Å². The van der Waals surface area contributed by atoms with E-state index in [4.69, 9.17) is 0 Å². The van der Waals surface area contributed by atoms with E-state index in [1.165, 1.54) is 29.2 Å². The van der Waals surface area contributed by atoms with Crippen LogP contribution < -0.4 is 10.0 Å². The van der Waals surface area contributed by atoms with E-state index in [0.717, 1.165) is 5.56 Å². The van der Waals surface area contributed by atoms with Crippen molar-refractivity contribution in [2.24, 2.45) is 0 Å². The highest BCUT2D eigenvalue weighted by Crippen LogP contribution is 2.25. The zero-order valence-electron chi connectivity index (χ0n) is 21.1. The SMILES string of the molecule is CCNS(=O)(=O)c1ccc(CCC(=O)N(Cc2ccc(F)cc2)C(C(=O)NCCO)c2ccccc2)cc1. The quantitative estimate of drug-likeness (QED) is 0.308. The van der Waals surface area contributed by atoms with Crippen molar-refractivity contribution in [2.75, 3.05) is 19.7 Å². The molecule has 0 aromatic heterocycles. The Morgan fingerprint density at radius 1 is 0.947 bits per heavy atom. The van der Waals surface area contributed by atoms with Crippen LogP contribution in [-0.2, 0) is 32.6 Å². The van der Waals surface area contributed by atoms with Crippen LogP contribution in [-0.4, -0.2) is 49.9 Å². The van der Waals surface area contributed by atoms with E-state index >= 15 is 0 Å². The van der Waals surface area contributed by atoms with Gasteiger partial charge >= 0.3 is 0 Å². The number of amides is 2. The Bertz CT molecular complexity index is 1300. The van der Waals surface area contributed by atoms with Crippen molar-refractivity contribution >= 4 is 21.8 Å². The van der Waals surface area contributed by atoms with Gasteiger partial charge in [-0.1, -0.05) is 61.5 Å². The molecule has 3 aromatic rings. The van der Waals surface area contributed by atoms with E-state index in [1.54, 1.807) is 61.5 Å². The molecule has 0 spiro atoms. The molecule has 0 fully saturated rings. The third-order valence-electron chi connectivity index (χ3n) is 5.87. The van der Waals surface area contributed by atoms with Crippen molar-refractivity contribution in [1.82, 2.24) is 14.9 Å². The molecule has 3 aromatic carbocycles. The van der Waals surface area contributed by atoms with Crippen molar-refractivity contribution in [3.8, 4) is 0 Å². The van der Waals surface area contributed by atoms with Crippen molar-refractivity contribution in [1.29, 1.82) is 0 Å². The summed E-state index contributed by atoms with van der Waals surface area (Å²) in [6, 6.07) is 19.9. The van der Waals surface area contributed by atoms with Crippen LogP contribution >= 0.6 is 0 Å². The smallest absolute Gasteiger partial charge is 0.247 e. The summed E-state index contributed by atoms with van der Waals surface area (Å²) in [5, 5.41) is 11.9. The second-order valence-electron chi connectivity index (χ2n) is 8.62. The first-order chi connectivity index (χ1) is 18.2. The van der Waals surface area contributed by atoms with Gasteiger partial charge in [0.25, 0.3) is 0 Å². The van der Waals surface area contributed by atoms with Crippen molar-refractivity contribution in [3.63, 3.8) is 0 Å². The zero-order chi connectivity index (χ0) is 27.5. The van der Waals surface area contributed by atoms with Gasteiger partial charge in [0.05, 0.1) is 11.5 Å². The maximum absolute atomic E-state index is 13.6. The second kappa shape index (κ2) is 13.8. The molecule has 0 saturated heterocycles. The molecule has 0 aliphatic heterocycles. The number of benzene rings is 3. The molecule has 2 amide bonds. The summed E-state index contributed by atoms with van der Waals surface area (Å²) in [5.41, 5.74) is 2.00. The van der Waals surface area contributed by atoms with Gasteiger partial charge in [-0.2, -0.15) is 0 Å². The van der Waals surface area contributed by atoms with Crippen LogP contribution in [0.5, 0.6) is 0 Å². The maximum atomic E-state index is 13.6. The number of rotatable bonds is 13. The fraction of sp³-hybridized carbons (Fsp3) is 0.286. The van der Waals surface area contributed by atoms with E-state index in [9.17, 15) is 27.5 Å². The number of nitrogens with zero attached hydrogens (tertiary/aromatic N) is 1. The summed E-state index contributed by atoms with van der Waals surface area (Å²) < 4.78 is 40.3. The van der Waals surface area contributed by atoms with E-state index < -0.39 is 27.8 Å². The number of sulfonamides is 1. The Morgan fingerprint density at radius 3 is 2.18 bits per heavy atom. The number of carbonyl (C=O) groups excluding carboxylic acids is 2. The molecule has 8 nitrogen and oxygen atoms in total. The van der Waals surface area contributed by atoms with Gasteiger partial charge in [-0.05, 0) is 47.4 Å². The minimum atomic E-state index is -3.58. The highest BCUT2D eigenvalue weighted by atomic mass is 32.2. The molecular weight excluding hydrogens is 509 g/mol. The second-order valence-corrected chi connectivity index (χ2v) is 10.4. The van der Waals surface area contributed by atoms with Crippen molar-refractivity contribution in [3.05, 3.63) is 101 Å². The standard InChI is InChI=1S/C28H32FN3O5S/c1-2-31-38(36,37)25-15-10-21(11-16-25)12-17-26(34)32(20-22-8-13-24(29)14-9-22)27(28(35)30-18-19-33)23-6-4-3-5-7-23/h3-11,13-16,27,31,33H,2,12,17-20H2,1H3,(H,30,35). The molecule has 0 bridgehead atoms. The Balaban J connectivity index is 1.87. The molecule has 0 heterocycles. The first kappa shape index (κ1) is 29.0. The topological polar surface area (TPSA) is 116 Å². The third kappa shape index (κ3) is 7.95. The number of hydrogen-bond acceptors (Lipinski definition) is 5. The highest BCUT2D eigenvalue weighted by molar-refractivity contribution is 7.89. The van der Waals surface area contributed by atoms with Crippen molar-refractivity contribution in [2.45, 2.75) is 37.2 Å². The lowest BCUT2D eigenvalue weighted by Gasteiger charge is -2.31. The molecule has 1 unspecified atom stereocenters. The van der Waals surface area contributed by atoms with Crippen LogP contribution in [0.25, 0.3) is 0 Å². The van der Waals surface area contributed by atoms with Crippen molar-refractivity contribution < 1.29 is 27.5 Å². The van der Waals surface area contributed by atoms with Gasteiger partial charge in [0.1, 0.15) is 11.9 Å². The fourth-order valence-corrected chi connectivity index (χ4v) is 5.04. The Morgan fingerprint density at radius 2 is 1.58 bits per heavy atom. The number of nitrogens with one attached hydrogen (secondary N) is 2. The number of hydrogen-bond donors (Lipinski definition) is 3. The minimum absolute atomic E-state index is 0.0306. The van der Waals surface area contributed by atoms with Crippen LogP contribution in [0.2, 0.25) is 0 Å². The van der Waals surface area contributed by atoms with E-state index in [-0.39, 0.29) is 43.5 Å². The van der Waals surface area contributed by atoms with E-state index in [1.807, 2.05) is 0 Å². The molecule has 10 heteroatoms. The predicted molar refractivity (Wildman–Crippen MR) is 142 cm³/mol. The first-order valence-electron chi connectivity index (χ1n) is 12.3. The predicted octanol–water partition coefficient (Wildman–Crippen LogP) is 2.94. The van der Waals surface area contributed by atoms with Gasteiger partial charge in [-0.15, -0.1) is 0 Å². The number of aryl methyl sites for hydroxylation is 1. The first-order valence-corrected chi connectivity index (χ1v) is 13.8. The monoisotopic (exact) mass is 541 g/mol. The van der Waals surface area contributed by atoms with Gasteiger partial charge < -0.3 is 15.3 Å². The van der Waals surface area contributed by atoms with E-state index in [2.05, 4.69) is 10.0 Å². The number of carbonyl (C=O) groups is 2. The summed E-state index contributed by atoms with van der Waals surface area (Å²) in [7, 11) is -3.58. The average Bonchev–Trinajstić information content (AvgIpc) is 2.92. The molecule has 3 rings (SSSR count). The lowest BCUT2D eigenvalue weighted by molar-refractivity contribution is -0.141. The normalized spacial score (nSPS) is 12.1. The molecule has 0 radical (unpaired) electrons. The largest absolute Gasteiger partial charge is 0.395 e. The minimum Gasteiger partial charge on any atom is -0.395 e. The van der Waals surface area contributed by atoms with Gasteiger partial charge in [-0.3, -0.25) is 9.59 Å². The summed E-state index contributed by atoms with van der Waals surface area (Å²) in [5.74, 6) is -1.17. The van der Waals surface area contributed by atoms with Gasteiger partial charge in [0.2, 0.25) is 21.8 Å². The molecule has 0 saturated carbocycles. The Kier molecular flexibility index (Phi) is 10.5. The highest BCUT2D eigenvalue weighted by Gasteiger charge is 2.31. The van der Waals surface area contributed by atoms with E-state index in [0.29, 0.717) is 17.5 Å². The van der Waals surface area contributed by atoms with Crippen LogP contribution in [0, 0.1) is 5.82 Å². The Hall–Kier alpha value is -3.60. The average molecular weight is 542 g/mol. The number of halogens is 1. The summed E-state index contributed by atoms with van der Waals surface area (Å²) in [4.78, 5) is 28.4. The molecule has 38 heavy (non-hydrogen) atoms. The molecule has 0 aliphatic rings. The summed E-state index contributed by atoms with van der Waals surface area (Å²) in [6.07, 6.45) is 0.372. The fourth-order valence-electron chi connectivity index (χ4n) is 4.00. The lowest BCUT2D eigenvalue weighted by Crippen LogP contribution is -2.44. The molecule has 202 valence electrons. The van der Waals surface area contributed by atoms with Gasteiger partial charge in [0, 0.05) is 26.1 Å². The maximum Gasteiger partial charge on any atom is 0.247 e. The van der Waals surface area contributed by atoms with Crippen LogP contribution in [0.4, 0.5) is 4.39 Å². The molecule has 3 N–H and O–H groups in total. The zero-order valence-corrected chi connectivity index (χ0v) is 22.0. The lowest BCUT2D eigenvalue weighted by atomic mass is 10.0. The molecular formula is C28H32FN3O5S. The summed E-state index contributed by atoms with van der Waals surface area (Å²) in [6.45, 7) is 1.81. The van der Waals surface area contributed by atoms with Crippen LogP contribution in [0.3, 0.4) is 0 Å². The Labute approximate surface area is 222 Å². The number of aliphatic hydroxyl groups excluding tert-OH is 1. The summed E-state index contributed by atoms with van der Waals surface area (Å²) >= 11 is 0. The van der Waals surface area contributed by atoms with Gasteiger partial charge in [-0.25, -0.2) is 17.5 Å². The molecule has 1 atom stereocenters.